The van der Waals surface area contributed by atoms with Crippen LogP contribution in [0.15, 0.2) is 47.0 Å². The molecule has 36 heavy (non-hydrogen) atoms. The first kappa shape index (κ1) is 25.1. The third-order valence-corrected chi connectivity index (χ3v) is 5.44. The Bertz CT molecular complexity index is 1200. The number of esters is 1. The third kappa shape index (κ3) is 6.35. The van der Waals surface area contributed by atoms with Crippen molar-refractivity contribution in [3.05, 3.63) is 54.3 Å². The van der Waals surface area contributed by atoms with E-state index in [0.717, 1.165) is 19.3 Å². The SMILES string of the molecule is CC(C)(C)OC(=O)C1(Oc2ccc(NC(=O)c3nnc(Nc4ccc(F)cc4)o3)cn2)CCCCC1. The molecule has 3 aromatic rings. The van der Waals surface area contributed by atoms with Crippen molar-refractivity contribution in [2.75, 3.05) is 10.6 Å². The number of pyridine rings is 1. The summed E-state index contributed by atoms with van der Waals surface area (Å²) in [5.74, 6) is -1.43. The van der Waals surface area contributed by atoms with Gasteiger partial charge in [0.2, 0.25) is 11.5 Å². The summed E-state index contributed by atoms with van der Waals surface area (Å²) in [5, 5.41) is 12.9. The van der Waals surface area contributed by atoms with E-state index in [1.807, 2.05) is 20.8 Å². The van der Waals surface area contributed by atoms with Gasteiger partial charge in [0.25, 0.3) is 0 Å². The third-order valence-electron chi connectivity index (χ3n) is 5.44. The first-order valence-electron chi connectivity index (χ1n) is 11.7. The van der Waals surface area contributed by atoms with Gasteiger partial charge in [0.15, 0.2) is 0 Å². The highest BCUT2D eigenvalue weighted by atomic mass is 19.1. The number of halogens is 1. The fraction of sp³-hybridized carbons (Fsp3) is 0.400. The van der Waals surface area contributed by atoms with Crippen molar-refractivity contribution in [1.82, 2.24) is 15.2 Å². The van der Waals surface area contributed by atoms with E-state index in [2.05, 4.69) is 25.8 Å². The molecular weight excluding hydrogens is 469 g/mol. The average Bonchev–Trinajstić information content (AvgIpc) is 3.30. The summed E-state index contributed by atoms with van der Waals surface area (Å²) in [5.41, 5.74) is -0.821. The van der Waals surface area contributed by atoms with Crippen LogP contribution in [-0.2, 0) is 9.53 Å². The first-order valence-corrected chi connectivity index (χ1v) is 11.7. The number of ether oxygens (including phenoxy) is 2. The molecule has 2 N–H and O–H groups in total. The first-order chi connectivity index (χ1) is 17.1. The standard InChI is InChI=1S/C25H28FN5O5/c1-24(2,3)36-22(33)25(13-5-4-6-14-25)35-19-12-11-18(15-27-19)28-20(32)21-30-31-23(34-21)29-17-9-7-16(26)8-10-17/h7-12,15H,4-6,13-14H2,1-3H3,(H,28,32)(H,29,31). The Hall–Kier alpha value is -4.02. The highest BCUT2D eigenvalue weighted by Gasteiger charge is 2.45. The van der Waals surface area contributed by atoms with Crippen LogP contribution in [0.4, 0.5) is 21.8 Å². The summed E-state index contributed by atoms with van der Waals surface area (Å²) in [7, 11) is 0. The normalized spacial score (nSPS) is 15.1. The Morgan fingerprint density at radius 3 is 2.33 bits per heavy atom. The number of amides is 1. The average molecular weight is 498 g/mol. The Kier molecular flexibility index (Phi) is 7.18. The van der Waals surface area contributed by atoms with Crippen LogP contribution in [0.3, 0.4) is 0 Å². The number of hydrogen-bond donors (Lipinski definition) is 2. The fourth-order valence-electron chi connectivity index (χ4n) is 3.76. The Balaban J connectivity index is 1.39. The van der Waals surface area contributed by atoms with Crippen molar-refractivity contribution >= 4 is 29.3 Å². The summed E-state index contributed by atoms with van der Waals surface area (Å²) in [4.78, 5) is 29.7. The highest BCUT2D eigenvalue weighted by molar-refractivity contribution is 6.00. The van der Waals surface area contributed by atoms with Gasteiger partial charge < -0.3 is 24.5 Å². The molecule has 0 aliphatic heterocycles. The van der Waals surface area contributed by atoms with E-state index in [9.17, 15) is 14.0 Å². The second kappa shape index (κ2) is 10.3. The number of nitrogens with zero attached hydrogens (tertiary/aromatic N) is 3. The van der Waals surface area contributed by atoms with Crippen LogP contribution < -0.4 is 15.4 Å². The van der Waals surface area contributed by atoms with Crippen LogP contribution in [0.1, 0.15) is 63.6 Å². The van der Waals surface area contributed by atoms with Gasteiger partial charge in [0.05, 0.1) is 11.9 Å². The maximum Gasteiger partial charge on any atom is 0.351 e. The van der Waals surface area contributed by atoms with Gasteiger partial charge in [-0.15, -0.1) is 5.10 Å². The van der Waals surface area contributed by atoms with Crippen LogP contribution in [0.2, 0.25) is 0 Å². The van der Waals surface area contributed by atoms with Gasteiger partial charge in [0, 0.05) is 11.8 Å². The molecule has 0 bridgehead atoms. The quantitative estimate of drug-likeness (QED) is 0.432. The lowest BCUT2D eigenvalue weighted by Crippen LogP contribution is -2.49. The minimum Gasteiger partial charge on any atom is -0.459 e. The fourth-order valence-corrected chi connectivity index (χ4v) is 3.76. The molecule has 1 aliphatic carbocycles. The van der Waals surface area contributed by atoms with E-state index in [4.69, 9.17) is 13.9 Å². The molecule has 11 heteroatoms. The summed E-state index contributed by atoms with van der Waals surface area (Å²) in [6.07, 6.45) is 5.25. The molecule has 2 aromatic heterocycles. The van der Waals surface area contributed by atoms with Crippen molar-refractivity contribution in [2.45, 2.75) is 64.1 Å². The molecule has 1 aliphatic rings. The van der Waals surface area contributed by atoms with Crippen molar-refractivity contribution < 1.29 is 27.9 Å². The minimum absolute atomic E-state index is 0.0199. The largest absolute Gasteiger partial charge is 0.459 e. The molecule has 1 fully saturated rings. The van der Waals surface area contributed by atoms with Gasteiger partial charge in [-0.2, -0.15) is 0 Å². The molecule has 0 spiro atoms. The van der Waals surface area contributed by atoms with E-state index in [-0.39, 0.29) is 23.6 Å². The van der Waals surface area contributed by atoms with E-state index in [1.165, 1.54) is 30.5 Å². The van der Waals surface area contributed by atoms with E-state index < -0.39 is 23.1 Å². The van der Waals surface area contributed by atoms with Gasteiger partial charge in [-0.3, -0.25) is 4.79 Å². The number of benzene rings is 1. The second-order valence-corrected chi connectivity index (χ2v) is 9.54. The molecule has 0 saturated heterocycles. The van der Waals surface area contributed by atoms with E-state index in [1.54, 1.807) is 12.1 Å². The number of hydrogen-bond acceptors (Lipinski definition) is 9. The molecule has 0 unspecified atom stereocenters. The number of carbonyl (C=O) groups excluding carboxylic acids is 2. The zero-order chi connectivity index (χ0) is 25.8. The molecule has 0 radical (unpaired) electrons. The van der Waals surface area contributed by atoms with E-state index in [0.29, 0.717) is 24.2 Å². The number of aromatic nitrogens is 3. The predicted molar refractivity (Wildman–Crippen MR) is 128 cm³/mol. The smallest absolute Gasteiger partial charge is 0.351 e. The molecular formula is C25H28FN5O5. The monoisotopic (exact) mass is 497 g/mol. The zero-order valence-electron chi connectivity index (χ0n) is 20.3. The molecule has 2 heterocycles. The summed E-state index contributed by atoms with van der Waals surface area (Å²) >= 11 is 0. The van der Waals surface area contributed by atoms with Crippen molar-refractivity contribution in [3.8, 4) is 5.88 Å². The Morgan fingerprint density at radius 2 is 1.69 bits per heavy atom. The minimum atomic E-state index is -1.08. The van der Waals surface area contributed by atoms with Crippen LogP contribution >= 0.6 is 0 Å². The van der Waals surface area contributed by atoms with Gasteiger partial charge in [-0.25, -0.2) is 14.2 Å². The van der Waals surface area contributed by atoms with Gasteiger partial charge in [0.1, 0.15) is 11.4 Å². The molecule has 0 atom stereocenters. The second-order valence-electron chi connectivity index (χ2n) is 9.54. The topological polar surface area (TPSA) is 128 Å². The summed E-state index contributed by atoms with van der Waals surface area (Å²) < 4.78 is 30.1. The van der Waals surface area contributed by atoms with Crippen LogP contribution in [0, 0.1) is 5.82 Å². The lowest BCUT2D eigenvalue weighted by Gasteiger charge is -2.36. The van der Waals surface area contributed by atoms with Crippen molar-refractivity contribution in [2.24, 2.45) is 0 Å². The maximum absolute atomic E-state index is 13.0. The van der Waals surface area contributed by atoms with Crippen LogP contribution in [-0.4, -0.2) is 38.3 Å². The number of anilines is 3. The Morgan fingerprint density at radius 1 is 1.00 bits per heavy atom. The highest BCUT2D eigenvalue weighted by Crippen LogP contribution is 2.35. The van der Waals surface area contributed by atoms with E-state index >= 15 is 0 Å². The number of nitrogens with one attached hydrogen (secondary N) is 2. The number of rotatable bonds is 7. The summed E-state index contributed by atoms with van der Waals surface area (Å²) in [6, 6.07) is 8.69. The van der Waals surface area contributed by atoms with Gasteiger partial charge in [-0.05, 0) is 76.8 Å². The molecule has 1 amide bonds. The lowest BCUT2D eigenvalue weighted by molar-refractivity contribution is -0.177. The van der Waals surface area contributed by atoms with Crippen LogP contribution in [0.5, 0.6) is 5.88 Å². The molecule has 4 rings (SSSR count). The molecule has 1 saturated carbocycles. The van der Waals surface area contributed by atoms with Crippen LogP contribution in [0.25, 0.3) is 0 Å². The predicted octanol–water partition coefficient (Wildman–Crippen LogP) is 5.02. The molecule has 190 valence electrons. The maximum atomic E-state index is 13.0. The Labute approximate surface area is 207 Å². The van der Waals surface area contributed by atoms with Gasteiger partial charge >= 0.3 is 23.8 Å². The van der Waals surface area contributed by atoms with Gasteiger partial charge in [-0.1, -0.05) is 11.5 Å². The van der Waals surface area contributed by atoms with Crippen molar-refractivity contribution in [1.29, 1.82) is 0 Å². The molecule has 1 aromatic carbocycles. The summed E-state index contributed by atoms with van der Waals surface area (Å²) in [6.45, 7) is 5.47. The zero-order valence-corrected chi connectivity index (χ0v) is 20.3. The van der Waals surface area contributed by atoms with Crippen molar-refractivity contribution in [3.63, 3.8) is 0 Å². The number of carbonyl (C=O) groups is 2. The molecule has 10 nitrogen and oxygen atoms in total. The lowest BCUT2D eigenvalue weighted by atomic mass is 9.84.